The van der Waals surface area contributed by atoms with Gasteiger partial charge in [-0.15, -0.1) is 0 Å². The second-order valence-corrected chi connectivity index (χ2v) is 11.4. The molecule has 0 bridgehead atoms. The Morgan fingerprint density at radius 2 is 0.800 bits per heavy atom. The zero-order valence-corrected chi connectivity index (χ0v) is 18.8. The highest BCUT2D eigenvalue weighted by Crippen LogP contribution is 2.15. The van der Waals surface area contributed by atoms with Gasteiger partial charge in [0.2, 0.25) is 0 Å². The second kappa shape index (κ2) is 9.14. The van der Waals surface area contributed by atoms with Gasteiger partial charge in [0, 0.05) is 18.8 Å². The summed E-state index contributed by atoms with van der Waals surface area (Å²) in [6.07, 6.45) is 0. The van der Waals surface area contributed by atoms with Crippen molar-refractivity contribution in [2.45, 2.75) is 13.8 Å². The molecule has 4 rings (SSSR count). The Balaban J connectivity index is 2.01. The Hall–Kier alpha value is -3.10. The predicted molar refractivity (Wildman–Crippen MR) is 134 cm³/mol. The Labute approximate surface area is 181 Å². The van der Waals surface area contributed by atoms with E-state index in [-0.39, 0.29) is 0 Å². The average molecular weight is 408 g/mol. The summed E-state index contributed by atoms with van der Waals surface area (Å²) in [4.78, 5) is 2.40. The third kappa shape index (κ3) is 3.59. The molecule has 0 saturated heterocycles. The predicted octanol–water partition coefficient (Wildman–Crippen LogP) is 3.91. The number of rotatable bonds is 7. The van der Waals surface area contributed by atoms with E-state index in [1.165, 1.54) is 26.4 Å². The molecule has 0 spiro atoms. The number of hydrogen-bond donors (Lipinski definition) is 0. The maximum atomic E-state index is 2.40. The molecule has 0 atom stereocenters. The lowest BCUT2D eigenvalue weighted by Gasteiger charge is -2.34. The van der Waals surface area contributed by atoms with E-state index in [1.807, 2.05) is 0 Å². The lowest BCUT2D eigenvalue weighted by molar-refractivity contribution is 0.866. The topological polar surface area (TPSA) is 3.24 Å². The first-order chi connectivity index (χ1) is 14.8. The van der Waals surface area contributed by atoms with E-state index >= 15 is 0 Å². The van der Waals surface area contributed by atoms with Crippen LogP contribution in [0.5, 0.6) is 0 Å². The van der Waals surface area contributed by atoms with Gasteiger partial charge in [0.15, 0.2) is 8.07 Å². The molecule has 30 heavy (non-hydrogen) atoms. The molecule has 0 aliphatic rings. The fourth-order valence-corrected chi connectivity index (χ4v) is 9.32. The number of hydrogen-bond acceptors (Lipinski definition) is 1. The van der Waals surface area contributed by atoms with Crippen LogP contribution in [0.2, 0.25) is 0 Å². The van der Waals surface area contributed by atoms with E-state index in [0.29, 0.717) is 0 Å². The Morgan fingerprint density at radius 3 is 1.13 bits per heavy atom. The van der Waals surface area contributed by atoms with Crippen molar-refractivity contribution in [3.63, 3.8) is 0 Å². The molecule has 0 saturated carbocycles. The molecule has 0 heterocycles. The zero-order valence-electron chi connectivity index (χ0n) is 17.8. The van der Waals surface area contributed by atoms with Crippen LogP contribution in [0.3, 0.4) is 0 Å². The molecular formula is C28H29NSi. The summed E-state index contributed by atoms with van der Waals surface area (Å²) >= 11 is 0. The minimum atomic E-state index is -2.40. The van der Waals surface area contributed by atoms with Gasteiger partial charge in [0.05, 0.1) is 0 Å². The summed E-state index contributed by atoms with van der Waals surface area (Å²) in [5.41, 5.74) is 1.29. The molecule has 0 aliphatic carbocycles. The van der Waals surface area contributed by atoms with Gasteiger partial charge in [-0.3, -0.25) is 0 Å². The Morgan fingerprint density at radius 1 is 0.467 bits per heavy atom. The van der Waals surface area contributed by atoms with Crippen LogP contribution < -0.4 is 25.6 Å². The largest absolute Gasteiger partial charge is 0.372 e. The molecule has 0 unspecified atom stereocenters. The van der Waals surface area contributed by atoms with Gasteiger partial charge in [-0.05, 0) is 46.7 Å². The van der Waals surface area contributed by atoms with Crippen LogP contribution >= 0.6 is 0 Å². The Kier molecular flexibility index (Phi) is 6.15. The summed E-state index contributed by atoms with van der Waals surface area (Å²) < 4.78 is 0. The monoisotopic (exact) mass is 407 g/mol. The Bertz CT molecular complexity index is 943. The van der Waals surface area contributed by atoms with Gasteiger partial charge < -0.3 is 4.90 Å². The summed E-state index contributed by atoms with van der Waals surface area (Å²) in [6, 6.07) is 42.6. The molecule has 0 fully saturated rings. The first kappa shape index (κ1) is 20.2. The van der Waals surface area contributed by atoms with Crippen LogP contribution in [0.1, 0.15) is 13.8 Å². The van der Waals surface area contributed by atoms with E-state index in [2.05, 4.69) is 134 Å². The van der Waals surface area contributed by atoms with Crippen molar-refractivity contribution < 1.29 is 0 Å². The van der Waals surface area contributed by atoms with Gasteiger partial charge in [0.1, 0.15) is 0 Å². The zero-order chi connectivity index (χ0) is 20.8. The van der Waals surface area contributed by atoms with Crippen LogP contribution in [-0.4, -0.2) is 21.2 Å². The van der Waals surface area contributed by atoms with E-state index < -0.39 is 8.07 Å². The molecule has 0 aliphatic heterocycles. The molecule has 4 aromatic rings. The van der Waals surface area contributed by atoms with Crippen LogP contribution in [0.15, 0.2) is 115 Å². The summed E-state index contributed by atoms with van der Waals surface area (Å²) in [6.45, 7) is 6.48. The first-order valence-corrected chi connectivity index (χ1v) is 12.8. The molecule has 1 nitrogen and oxygen atoms in total. The smallest absolute Gasteiger partial charge is 0.179 e. The van der Waals surface area contributed by atoms with Crippen LogP contribution in [0.4, 0.5) is 5.69 Å². The molecule has 4 aromatic carbocycles. The highest BCUT2D eigenvalue weighted by Gasteiger charge is 2.41. The van der Waals surface area contributed by atoms with Crippen molar-refractivity contribution in [1.82, 2.24) is 0 Å². The fraction of sp³-hybridized carbons (Fsp3) is 0.143. The van der Waals surface area contributed by atoms with Crippen molar-refractivity contribution in [3.05, 3.63) is 115 Å². The average Bonchev–Trinajstić information content (AvgIpc) is 2.83. The minimum Gasteiger partial charge on any atom is -0.372 e. The fourth-order valence-electron chi connectivity index (χ4n) is 4.58. The highest BCUT2D eigenvalue weighted by molar-refractivity contribution is 7.19. The van der Waals surface area contributed by atoms with Crippen LogP contribution in [0.25, 0.3) is 0 Å². The number of anilines is 1. The first-order valence-electron chi connectivity index (χ1n) is 10.8. The standard InChI is InChI=1S/C28H29NSi/c1-3-29(4-2)24-20-22-28(23-21-24)30(25-14-8-5-9-15-25,26-16-10-6-11-17-26)27-18-12-7-13-19-27/h5-23H,3-4H2,1-2H3. The molecule has 2 heteroatoms. The minimum absolute atomic E-state index is 1.02. The van der Waals surface area contributed by atoms with Crippen molar-refractivity contribution in [1.29, 1.82) is 0 Å². The van der Waals surface area contributed by atoms with Gasteiger partial charge in [-0.1, -0.05) is 103 Å². The lowest BCUT2D eigenvalue weighted by atomic mass is 10.3. The van der Waals surface area contributed by atoms with E-state index in [1.54, 1.807) is 0 Å². The maximum Gasteiger partial charge on any atom is 0.179 e. The second-order valence-electron chi connectivity index (χ2n) is 7.57. The summed E-state index contributed by atoms with van der Waals surface area (Å²) in [5, 5.41) is 5.66. The van der Waals surface area contributed by atoms with Gasteiger partial charge in [-0.25, -0.2) is 0 Å². The normalized spacial score (nSPS) is 11.3. The summed E-state index contributed by atoms with van der Waals surface area (Å²) in [5.74, 6) is 0. The quantitative estimate of drug-likeness (QED) is 0.332. The summed E-state index contributed by atoms with van der Waals surface area (Å²) in [7, 11) is -2.40. The number of nitrogens with zero attached hydrogens (tertiary/aromatic N) is 1. The van der Waals surface area contributed by atoms with E-state index in [4.69, 9.17) is 0 Å². The SMILES string of the molecule is CCN(CC)c1ccc([Si](c2ccccc2)(c2ccccc2)c2ccccc2)cc1. The van der Waals surface area contributed by atoms with Crippen molar-refractivity contribution in [2.24, 2.45) is 0 Å². The van der Waals surface area contributed by atoms with Gasteiger partial charge in [0.25, 0.3) is 0 Å². The molecular weight excluding hydrogens is 378 g/mol. The highest BCUT2D eigenvalue weighted by atomic mass is 28.3. The van der Waals surface area contributed by atoms with E-state index in [9.17, 15) is 0 Å². The maximum absolute atomic E-state index is 2.40. The lowest BCUT2D eigenvalue weighted by Crippen LogP contribution is -2.74. The van der Waals surface area contributed by atoms with Crippen molar-refractivity contribution >= 4 is 34.5 Å². The van der Waals surface area contributed by atoms with Crippen molar-refractivity contribution in [3.8, 4) is 0 Å². The van der Waals surface area contributed by atoms with Crippen LogP contribution in [-0.2, 0) is 0 Å². The van der Waals surface area contributed by atoms with Gasteiger partial charge in [-0.2, -0.15) is 0 Å². The molecule has 0 aromatic heterocycles. The molecule has 150 valence electrons. The third-order valence-corrected chi connectivity index (χ3v) is 10.8. The van der Waals surface area contributed by atoms with Crippen molar-refractivity contribution in [2.75, 3.05) is 18.0 Å². The van der Waals surface area contributed by atoms with Gasteiger partial charge >= 0.3 is 0 Å². The third-order valence-electron chi connectivity index (χ3n) is 6.05. The molecule has 0 amide bonds. The molecule has 0 radical (unpaired) electrons. The van der Waals surface area contributed by atoms with Crippen LogP contribution in [0, 0.1) is 0 Å². The van der Waals surface area contributed by atoms with E-state index in [0.717, 1.165) is 13.1 Å². The molecule has 0 N–H and O–H groups in total. The number of benzene rings is 4.